The van der Waals surface area contributed by atoms with Gasteiger partial charge in [0.25, 0.3) is 0 Å². The molecular weight excluding hydrogens is 316 g/mol. The maximum absolute atomic E-state index is 13.4. The topological polar surface area (TPSA) is 45.1 Å². The first-order chi connectivity index (χ1) is 11.6. The van der Waals surface area contributed by atoms with Crippen molar-refractivity contribution >= 4 is 12.2 Å². The molecule has 3 aliphatic rings. The third kappa shape index (κ3) is 2.88. The number of hydrogen-bond donors (Lipinski definition) is 0. The first-order valence-electron chi connectivity index (χ1n) is 8.32. The molecule has 0 spiro atoms. The van der Waals surface area contributed by atoms with Crippen LogP contribution in [0.5, 0.6) is 0 Å². The van der Waals surface area contributed by atoms with Crippen molar-refractivity contribution in [3.63, 3.8) is 0 Å². The second-order valence-electron chi connectivity index (χ2n) is 6.60. The third-order valence-corrected chi connectivity index (χ3v) is 4.85. The predicted octanol–water partition coefficient (Wildman–Crippen LogP) is 3.07. The number of urea groups is 1. The van der Waals surface area contributed by atoms with Crippen molar-refractivity contribution in [2.24, 2.45) is 5.10 Å². The fraction of sp³-hybridized carbons (Fsp3) is 0.529. The minimum Gasteiger partial charge on any atom is -0.371 e. The van der Waals surface area contributed by atoms with Gasteiger partial charge in [-0.2, -0.15) is 5.10 Å². The van der Waals surface area contributed by atoms with E-state index in [2.05, 4.69) is 5.10 Å². The largest absolute Gasteiger partial charge is 0.371 e. The average molecular weight is 335 g/mol. The molecule has 2 heterocycles. The van der Waals surface area contributed by atoms with Gasteiger partial charge in [0.05, 0.1) is 31.3 Å². The zero-order valence-electron chi connectivity index (χ0n) is 13.2. The number of carbonyl (C=O) groups excluding carboxylic acids is 1. The number of halogens is 2. The summed E-state index contributed by atoms with van der Waals surface area (Å²) in [5, 5.41) is 5.41. The minimum absolute atomic E-state index is 0.0934. The fourth-order valence-electron chi connectivity index (χ4n) is 3.25. The van der Waals surface area contributed by atoms with Gasteiger partial charge in [-0.25, -0.2) is 18.6 Å². The SMILES string of the molecule is O=C(N1CC(OC2CCC2)C1)N1N=CCC1c1cc(F)cc(F)c1. The van der Waals surface area contributed by atoms with Gasteiger partial charge in [0.1, 0.15) is 11.6 Å². The molecule has 7 heteroatoms. The molecule has 24 heavy (non-hydrogen) atoms. The minimum atomic E-state index is -0.651. The summed E-state index contributed by atoms with van der Waals surface area (Å²) in [7, 11) is 0. The van der Waals surface area contributed by atoms with Crippen LogP contribution in [0.15, 0.2) is 23.3 Å². The van der Waals surface area contributed by atoms with Gasteiger partial charge in [-0.05, 0) is 37.0 Å². The Balaban J connectivity index is 1.39. The summed E-state index contributed by atoms with van der Waals surface area (Å²) in [6, 6.07) is 2.62. The smallest absolute Gasteiger partial charge is 0.341 e. The van der Waals surface area contributed by atoms with Crippen LogP contribution in [0.3, 0.4) is 0 Å². The second kappa shape index (κ2) is 6.12. The molecule has 2 aliphatic heterocycles. The summed E-state index contributed by atoms with van der Waals surface area (Å²) >= 11 is 0. The number of amides is 2. The summed E-state index contributed by atoms with van der Waals surface area (Å²) in [6.45, 7) is 1.09. The highest BCUT2D eigenvalue weighted by atomic mass is 19.1. The summed E-state index contributed by atoms with van der Waals surface area (Å²) in [5.74, 6) is -1.30. The third-order valence-electron chi connectivity index (χ3n) is 4.85. The summed E-state index contributed by atoms with van der Waals surface area (Å²) < 4.78 is 32.8. The average Bonchev–Trinajstić information content (AvgIpc) is 2.91. The lowest BCUT2D eigenvalue weighted by Gasteiger charge is -2.43. The van der Waals surface area contributed by atoms with Crippen molar-refractivity contribution < 1.29 is 18.3 Å². The Labute approximate surface area is 138 Å². The molecule has 1 unspecified atom stereocenters. The Kier molecular flexibility index (Phi) is 3.96. The molecule has 4 rings (SSSR count). The first kappa shape index (κ1) is 15.5. The van der Waals surface area contributed by atoms with Gasteiger partial charge in [-0.1, -0.05) is 0 Å². The molecule has 0 radical (unpaired) electrons. The van der Waals surface area contributed by atoms with Gasteiger partial charge in [-0.15, -0.1) is 0 Å². The van der Waals surface area contributed by atoms with Crippen molar-refractivity contribution in [2.45, 2.75) is 43.9 Å². The van der Waals surface area contributed by atoms with E-state index in [1.807, 2.05) is 0 Å². The molecule has 2 fully saturated rings. The zero-order valence-corrected chi connectivity index (χ0v) is 13.2. The van der Waals surface area contributed by atoms with E-state index < -0.39 is 17.7 Å². The van der Waals surface area contributed by atoms with Crippen LogP contribution in [0.25, 0.3) is 0 Å². The Bertz CT molecular complexity index is 652. The lowest BCUT2D eigenvalue weighted by atomic mass is 9.95. The van der Waals surface area contributed by atoms with Gasteiger partial charge in [-0.3, -0.25) is 0 Å². The van der Waals surface area contributed by atoms with Crippen LogP contribution in [-0.4, -0.2) is 47.5 Å². The second-order valence-corrected chi connectivity index (χ2v) is 6.60. The first-order valence-corrected chi connectivity index (χ1v) is 8.32. The molecule has 1 saturated carbocycles. The quantitative estimate of drug-likeness (QED) is 0.852. The maximum Gasteiger partial charge on any atom is 0.341 e. The molecule has 5 nitrogen and oxygen atoms in total. The molecule has 1 aromatic rings. The van der Waals surface area contributed by atoms with E-state index in [0.29, 0.717) is 31.2 Å². The summed E-state index contributed by atoms with van der Waals surface area (Å²) in [6.07, 6.45) is 5.92. The number of rotatable bonds is 3. The van der Waals surface area contributed by atoms with Crippen molar-refractivity contribution in [3.05, 3.63) is 35.4 Å². The number of ether oxygens (including phenoxy) is 1. The van der Waals surface area contributed by atoms with Crippen molar-refractivity contribution in [1.82, 2.24) is 9.91 Å². The van der Waals surface area contributed by atoms with Crippen LogP contribution in [0.1, 0.15) is 37.3 Å². The van der Waals surface area contributed by atoms with E-state index in [1.165, 1.54) is 23.6 Å². The van der Waals surface area contributed by atoms with E-state index in [0.717, 1.165) is 18.9 Å². The van der Waals surface area contributed by atoms with E-state index in [4.69, 9.17) is 4.74 Å². The van der Waals surface area contributed by atoms with Crippen LogP contribution < -0.4 is 0 Å². The molecule has 2 amide bonds. The molecule has 1 saturated heterocycles. The summed E-state index contributed by atoms with van der Waals surface area (Å²) in [5.41, 5.74) is 0.418. The van der Waals surface area contributed by atoms with Gasteiger partial charge >= 0.3 is 6.03 Å². The number of nitrogens with zero attached hydrogens (tertiary/aromatic N) is 3. The zero-order chi connectivity index (χ0) is 16.7. The lowest BCUT2D eigenvalue weighted by molar-refractivity contribution is -0.105. The standard InChI is InChI=1S/C17H19F2N3O2/c18-12-6-11(7-13(19)8-12)16-4-5-20-22(16)17(23)21-9-15(10-21)24-14-2-1-3-14/h5-8,14-16H,1-4,9-10H2. The van der Waals surface area contributed by atoms with E-state index in [9.17, 15) is 13.6 Å². The molecule has 1 aromatic carbocycles. The highest BCUT2D eigenvalue weighted by Crippen LogP contribution is 2.32. The Morgan fingerprint density at radius 1 is 1.12 bits per heavy atom. The molecule has 128 valence electrons. The van der Waals surface area contributed by atoms with Gasteiger partial charge in [0.15, 0.2) is 0 Å². The van der Waals surface area contributed by atoms with E-state index in [1.54, 1.807) is 11.1 Å². The van der Waals surface area contributed by atoms with Gasteiger partial charge in [0, 0.05) is 18.7 Å². The molecule has 0 aromatic heterocycles. The monoisotopic (exact) mass is 335 g/mol. The Morgan fingerprint density at radius 3 is 2.46 bits per heavy atom. The number of carbonyl (C=O) groups is 1. The summed E-state index contributed by atoms with van der Waals surface area (Å²) in [4.78, 5) is 14.3. The number of likely N-dealkylation sites (tertiary alicyclic amines) is 1. The van der Waals surface area contributed by atoms with E-state index in [-0.39, 0.29) is 12.1 Å². The van der Waals surface area contributed by atoms with Gasteiger partial charge < -0.3 is 9.64 Å². The van der Waals surface area contributed by atoms with Crippen LogP contribution in [-0.2, 0) is 4.74 Å². The van der Waals surface area contributed by atoms with Crippen molar-refractivity contribution in [1.29, 1.82) is 0 Å². The van der Waals surface area contributed by atoms with Crippen LogP contribution in [0.2, 0.25) is 0 Å². The molecular formula is C17H19F2N3O2. The number of benzene rings is 1. The van der Waals surface area contributed by atoms with Crippen LogP contribution in [0, 0.1) is 11.6 Å². The van der Waals surface area contributed by atoms with Crippen molar-refractivity contribution in [3.8, 4) is 0 Å². The normalized spacial score (nSPS) is 24.2. The van der Waals surface area contributed by atoms with E-state index >= 15 is 0 Å². The number of hydrazone groups is 1. The molecule has 1 aliphatic carbocycles. The molecule has 1 atom stereocenters. The Morgan fingerprint density at radius 2 is 1.83 bits per heavy atom. The molecule has 0 bridgehead atoms. The lowest BCUT2D eigenvalue weighted by Crippen LogP contribution is -2.58. The van der Waals surface area contributed by atoms with Crippen LogP contribution >= 0.6 is 0 Å². The highest BCUT2D eigenvalue weighted by molar-refractivity contribution is 5.79. The fourth-order valence-corrected chi connectivity index (χ4v) is 3.25. The van der Waals surface area contributed by atoms with Crippen molar-refractivity contribution in [2.75, 3.05) is 13.1 Å². The highest BCUT2D eigenvalue weighted by Gasteiger charge is 2.39. The molecule has 0 N–H and O–H groups in total. The Hall–Kier alpha value is -2.02. The van der Waals surface area contributed by atoms with Crippen LogP contribution in [0.4, 0.5) is 13.6 Å². The predicted molar refractivity (Wildman–Crippen MR) is 83.5 cm³/mol. The number of hydrogen-bond acceptors (Lipinski definition) is 3. The maximum atomic E-state index is 13.4. The van der Waals surface area contributed by atoms with Gasteiger partial charge in [0.2, 0.25) is 0 Å².